The van der Waals surface area contributed by atoms with Gasteiger partial charge in [-0.25, -0.2) is 0 Å². The first-order chi connectivity index (χ1) is 14.4. The van der Waals surface area contributed by atoms with Crippen molar-refractivity contribution in [3.05, 3.63) is 52.0 Å². The van der Waals surface area contributed by atoms with E-state index in [0.717, 1.165) is 17.7 Å². The van der Waals surface area contributed by atoms with Gasteiger partial charge >= 0.3 is 6.18 Å². The molecule has 0 aliphatic heterocycles. The van der Waals surface area contributed by atoms with Gasteiger partial charge in [-0.2, -0.15) is 13.2 Å². The summed E-state index contributed by atoms with van der Waals surface area (Å²) in [6.07, 6.45) is -4.40. The highest BCUT2D eigenvalue weighted by Gasteiger charge is 2.30. The fourth-order valence-corrected chi connectivity index (χ4v) is 3.33. The van der Waals surface area contributed by atoms with Crippen LogP contribution in [0.4, 0.5) is 18.9 Å². The molecule has 9 heteroatoms. The van der Waals surface area contributed by atoms with Crippen molar-refractivity contribution in [2.24, 2.45) is 0 Å². The second-order valence-corrected chi connectivity index (χ2v) is 8.71. The van der Waals surface area contributed by atoms with Crippen LogP contribution in [0.25, 0.3) is 0 Å². The van der Waals surface area contributed by atoms with Crippen molar-refractivity contribution in [1.29, 1.82) is 0 Å². The fourth-order valence-electron chi connectivity index (χ4n) is 2.73. The van der Waals surface area contributed by atoms with Crippen LogP contribution in [0.2, 0.25) is 0 Å². The number of amides is 1. The van der Waals surface area contributed by atoms with Crippen molar-refractivity contribution >= 4 is 27.5 Å². The largest absolute Gasteiger partial charge is 0.490 e. The Bertz CT molecular complexity index is 912. The monoisotopic (exact) mass is 502 g/mol. The van der Waals surface area contributed by atoms with E-state index in [1.54, 1.807) is 18.2 Å². The van der Waals surface area contributed by atoms with Gasteiger partial charge in [-0.05, 0) is 79.5 Å². The molecule has 5 nitrogen and oxygen atoms in total. The Labute approximate surface area is 188 Å². The number of anilines is 1. The first-order valence-corrected chi connectivity index (χ1v) is 10.5. The summed E-state index contributed by atoms with van der Waals surface area (Å²) in [7, 11) is 0. The lowest BCUT2D eigenvalue weighted by Gasteiger charge is -2.21. The molecule has 2 aromatic rings. The lowest BCUT2D eigenvalue weighted by atomic mass is 10.1. The number of rotatable bonds is 8. The van der Waals surface area contributed by atoms with E-state index in [0.29, 0.717) is 28.3 Å². The number of hydrogen-bond acceptors (Lipinski definition) is 4. The molecule has 0 aliphatic carbocycles. The molecule has 0 atom stereocenters. The molecule has 0 fully saturated rings. The van der Waals surface area contributed by atoms with Gasteiger partial charge in [-0.15, -0.1) is 0 Å². The molecule has 31 heavy (non-hydrogen) atoms. The van der Waals surface area contributed by atoms with Crippen LogP contribution >= 0.6 is 15.9 Å². The predicted octanol–water partition coefficient (Wildman–Crippen LogP) is 5.77. The van der Waals surface area contributed by atoms with Gasteiger partial charge in [0.2, 0.25) is 0 Å². The summed E-state index contributed by atoms with van der Waals surface area (Å²) in [5, 5.41) is 5.80. The molecular formula is C22H26BrF3N2O3. The molecule has 170 valence electrons. The fraction of sp³-hybridized carbons (Fsp3) is 0.409. The van der Waals surface area contributed by atoms with E-state index < -0.39 is 11.7 Å². The maximum absolute atomic E-state index is 12.9. The summed E-state index contributed by atoms with van der Waals surface area (Å²) >= 11 is 3.43. The maximum atomic E-state index is 12.9. The number of benzene rings is 2. The third kappa shape index (κ3) is 7.97. The SMILES string of the molecule is CCOc1cc(CNc2cccc(C(F)(F)F)c2)cc(Br)c1OCC(=O)NC(C)(C)C. The molecule has 0 aliphatic rings. The third-order valence-electron chi connectivity index (χ3n) is 3.92. The van der Waals surface area contributed by atoms with Crippen molar-refractivity contribution in [2.75, 3.05) is 18.5 Å². The first-order valence-electron chi connectivity index (χ1n) is 9.69. The number of ether oxygens (including phenoxy) is 2. The minimum absolute atomic E-state index is 0.183. The van der Waals surface area contributed by atoms with Gasteiger partial charge in [0.1, 0.15) is 0 Å². The molecule has 0 heterocycles. The van der Waals surface area contributed by atoms with Crippen LogP contribution < -0.4 is 20.1 Å². The highest BCUT2D eigenvalue weighted by atomic mass is 79.9. The van der Waals surface area contributed by atoms with Crippen molar-refractivity contribution in [2.45, 2.75) is 46.0 Å². The number of alkyl halides is 3. The van der Waals surface area contributed by atoms with E-state index in [9.17, 15) is 18.0 Å². The van der Waals surface area contributed by atoms with Crippen molar-refractivity contribution < 1.29 is 27.4 Å². The molecule has 2 rings (SSSR count). The Kier molecular flexibility index (Phi) is 8.22. The van der Waals surface area contributed by atoms with E-state index in [1.165, 1.54) is 6.07 Å². The molecule has 2 aromatic carbocycles. The normalized spacial score (nSPS) is 11.7. The average molecular weight is 503 g/mol. The molecule has 0 saturated heterocycles. The third-order valence-corrected chi connectivity index (χ3v) is 4.51. The lowest BCUT2D eigenvalue weighted by Crippen LogP contribution is -2.43. The Balaban J connectivity index is 2.13. The summed E-state index contributed by atoms with van der Waals surface area (Å²) in [6.45, 7) is 7.90. The van der Waals surface area contributed by atoms with Gasteiger partial charge < -0.3 is 20.1 Å². The van der Waals surface area contributed by atoms with E-state index in [4.69, 9.17) is 9.47 Å². The van der Waals surface area contributed by atoms with Crippen molar-refractivity contribution in [3.8, 4) is 11.5 Å². The van der Waals surface area contributed by atoms with Gasteiger partial charge in [0.15, 0.2) is 18.1 Å². The van der Waals surface area contributed by atoms with Gasteiger partial charge in [-0.3, -0.25) is 4.79 Å². The smallest absolute Gasteiger partial charge is 0.416 e. The molecule has 0 aromatic heterocycles. The topological polar surface area (TPSA) is 59.6 Å². The zero-order valence-electron chi connectivity index (χ0n) is 17.8. The van der Waals surface area contributed by atoms with Gasteiger partial charge in [0, 0.05) is 17.8 Å². The van der Waals surface area contributed by atoms with E-state index in [-0.39, 0.29) is 24.6 Å². The Hall–Kier alpha value is -2.42. The second kappa shape index (κ2) is 10.3. The highest BCUT2D eigenvalue weighted by Crippen LogP contribution is 2.37. The van der Waals surface area contributed by atoms with Crippen LogP contribution in [0, 0.1) is 0 Å². The molecule has 1 amide bonds. The van der Waals surface area contributed by atoms with E-state index >= 15 is 0 Å². The van der Waals surface area contributed by atoms with E-state index in [1.807, 2.05) is 27.7 Å². The number of carbonyl (C=O) groups excluding carboxylic acids is 1. The van der Waals surface area contributed by atoms with Crippen LogP contribution in [-0.2, 0) is 17.5 Å². The predicted molar refractivity (Wildman–Crippen MR) is 117 cm³/mol. The average Bonchev–Trinajstić information content (AvgIpc) is 2.64. The van der Waals surface area contributed by atoms with Crippen LogP contribution in [0.1, 0.15) is 38.8 Å². The number of hydrogen-bond donors (Lipinski definition) is 2. The summed E-state index contributed by atoms with van der Waals surface area (Å²) in [4.78, 5) is 12.1. The summed E-state index contributed by atoms with van der Waals surface area (Å²) in [5.74, 6) is 0.548. The van der Waals surface area contributed by atoms with Crippen LogP contribution in [0.3, 0.4) is 0 Å². The number of nitrogens with one attached hydrogen (secondary N) is 2. The van der Waals surface area contributed by atoms with Crippen LogP contribution in [0.5, 0.6) is 11.5 Å². The summed E-state index contributed by atoms with van der Waals surface area (Å²) in [6, 6.07) is 8.50. The molecule has 0 unspecified atom stereocenters. The quantitative estimate of drug-likeness (QED) is 0.480. The molecule has 2 N–H and O–H groups in total. The summed E-state index contributed by atoms with van der Waals surface area (Å²) < 4.78 is 50.6. The molecule has 0 radical (unpaired) electrons. The number of carbonyl (C=O) groups is 1. The maximum Gasteiger partial charge on any atom is 0.416 e. The Morgan fingerprint density at radius 3 is 2.42 bits per heavy atom. The molecular weight excluding hydrogens is 477 g/mol. The molecule has 0 bridgehead atoms. The van der Waals surface area contributed by atoms with Gasteiger partial charge in [-0.1, -0.05) is 6.07 Å². The zero-order valence-corrected chi connectivity index (χ0v) is 19.4. The Morgan fingerprint density at radius 1 is 1.10 bits per heavy atom. The van der Waals surface area contributed by atoms with Crippen molar-refractivity contribution in [3.63, 3.8) is 0 Å². The number of halogens is 4. The minimum Gasteiger partial charge on any atom is -0.490 e. The second-order valence-electron chi connectivity index (χ2n) is 7.86. The van der Waals surface area contributed by atoms with Crippen molar-refractivity contribution in [1.82, 2.24) is 5.32 Å². The summed E-state index contributed by atoms with van der Waals surface area (Å²) in [5.41, 5.74) is 0.0209. The highest BCUT2D eigenvalue weighted by molar-refractivity contribution is 9.10. The van der Waals surface area contributed by atoms with Gasteiger partial charge in [0.05, 0.1) is 16.6 Å². The zero-order chi connectivity index (χ0) is 23.2. The van der Waals surface area contributed by atoms with Gasteiger partial charge in [0.25, 0.3) is 5.91 Å². The van der Waals surface area contributed by atoms with E-state index in [2.05, 4.69) is 26.6 Å². The standard InChI is InChI=1S/C22H26BrF3N2O3/c1-5-30-18-10-14(12-27-16-8-6-7-15(11-16)22(24,25)26)9-17(23)20(18)31-13-19(29)28-21(2,3)4/h6-11,27H,5,12-13H2,1-4H3,(H,28,29). The first kappa shape index (κ1) is 24.8. The Morgan fingerprint density at radius 2 is 1.81 bits per heavy atom. The minimum atomic E-state index is -4.40. The molecule has 0 spiro atoms. The van der Waals surface area contributed by atoms with Crippen LogP contribution in [0.15, 0.2) is 40.9 Å². The molecule has 0 saturated carbocycles. The van der Waals surface area contributed by atoms with Crippen LogP contribution in [-0.4, -0.2) is 24.7 Å². The lowest BCUT2D eigenvalue weighted by molar-refractivity contribution is -0.137.